The molecule has 2 heterocycles. The fourth-order valence-electron chi connectivity index (χ4n) is 4.90. The van der Waals surface area contributed by atoms with Gasteiger partial charge in [-0.15, -0.1) is 0 Å². The summed E-state index contributed by atoms with van der Waals surface area (Å²) >= 11 is 0. The van der Waals surface area contributed by atoms with Crippen molar-refractivity contribution in [1.82, 2.24) is 15.1 Å². The number of rotatable bonds is 5. The van der Waals surface area contributed by atoms with E-state index in [-0.39, 0.29) is 12.5 Å². The molecule has 5 rings (SSSR count). The molecular formula is C25H28N4O4. The van der Waals surface area contributed by atoms with Crippen LogP contribution in [-0.2, 0) is 33.7 Å². The lowest BCUT2D eigenvalue weighted by molar-refractivity contribution is -0.134. The summed E-state index contributed by atoms with van der Waals surface area (Å²) in [4.78, 5) is 41.8. The quantitative estimate of drug-likeness (QED) is 0.683. The standard InChI is InChI=1S/C25H28N4O4/c30-22(26-21-7-5-18(6-8-21)16-28-11-13-33-14-12-28)17-29-23(31)25(27-24(29)32)10-9-19-3-1-2-4-20(19)15-25/h1-8H,9-17H2,(H,26,30)(H,27,32). The summed E-state index contributed by atoms with van der Waals surface area (Å²) in [7, 11) is 0. The Bertz CT molecular complexity index is 1060. The molecule has 1 atom stereocenters. The summed E-state index contributed by atoms with van der Waals surface area (Å²) in [6.45, 7) is 3.87. The number of fused-ring (bicyclic) bond motifs is 1. The Hall–Kier alpha value is -3.23. The largest absolute Gasteiger partial charge is 0.379 e. The number of amides is 4. The van der Waals surface area contributed by atoms with Crippen LogP contribution in [0.1, 0.15) is 23.1 Å². The van der Waals surface area contributed by atoms with Crippen LogP contribution in [0.5, 0.6) is 0 Å². The summed E-state index contributed by atoms with van der Waals surface area (Å²) in [5.41, 5.74) is 3.12. The Morgan fingerprint density at radius 2 is 1.76 bits per heavy atom. The molecule has 1 aliphatic carbocycles. The van der Waals surface area contributed by atoms with Gasteiger partial charge in [0.2, 0.25) is 5.91 Å². The second-order valence-corrected chi connectivity index (χ2v) is 8.98. The van der Waals surface area contributed by atoms with Gasteiger partial charge < -0.3 is 15.4 Å². The molecule has 2 aliphatic heterocycles. The number of carbonyl (C=O) groups excluding carboxylic acids is 3. The average molecular weight is 449 g/mol. The normalized spacial score (nSPS) is 22.8. The minimum Gasteiger partial charge on any atom is -0.379 e. The lowest BCUT2D eigenvalue weighted by Crippen LogP contribution is -2.51. The second kappa shape index (κ2) is 8.96. The molecule has 0 bridgehead atoms. The topological polar surface area (TPSA) is 91.0 Å². The predicted molar refractivity (Wildman–Crippen MR) is 123 cm³/mol. The monoisotopic (exact) mass is 448 g/mol. The van der Waals surface area contributed by atoms with Crippen LogP contribution in [0.3, 0.4) is 0 Å². The highest BCUT2D eigenvalue weighted by molar-refractivity contribution is 6.10. The van der Waals surface area contributed by atoms with E-state index in [1.807, 2.05) is 42.5 Å². The van der Waals surface area contributed by atoms with Crippen LogP contribution in [0, 0.1) is 0 Å². The number of benzene rings is 2. The van der Waals surface area contributed by atoms with Gasteiger partial charge in [0, 0.05) is 31.7 Å². The van der Waals surface area contributed by atoms with Gasteiger partial charge in [-0.25, -0.2) is 4.79 Å². The highest BCUT2D eigenvalue weighted by atomic mass is 16.5. The molecule has 8 nitrogen and oxygen atoms in total. The minimum absolute atomic E-state index is 0.302. The van der Waals surface area contributed by atoms with Crippen LogP contribution in [0.2, 0.25) is 0 Å². The van der Waals surface area contributed by atoms with Crippen LogP contribution in [0.4, 0.5) is 10.5 Å². The maximum Gasteiger partial charge on any atom is 0.325 e. The van der Waals surface area contributed by atoms with Crippen LogP contribution in [0.15, 0.2) is 48.5 Å². The van der Waals surface area contributed by atoms with E-state index in [0.717, 1.165) is 55.3 Å². The van der Waals surface area contributed by atoms with Crippen LogP contribution < -0.4 is 10.6 Å². The lowest BCUT2D eigenvalue weighted by Gasteiger charge is -2.32. The average Bonchev–Trinajstić information content (AvgIpc) is 3.04. The Morgan fingerprint density at radius 3 is 2.52 bits per heavy atom. The number of urea groups is 1. The molecule has 2 fully saturated rings. The van der Waals surface area contributed by atoms with Crippen LogP contribution in [-0.4, -0.2) is 66.0 Å². The van der Waals surface area contributed by atoms with E-state index in [0.29, 0.717) is 18.5 Å². The number of carbonyl (C=O) groups is 3. The van der Waals surface area contributed by atoms with E-state index in [1.54, 1.807) is 0 Å². The molecule has 2 aromatic carbocycles. The number of aryl methyl sites for hydroxylation is 1. The summed E-state index contributed by atoms with van der Waals surface area (Å²) in [6, 6.07) is 15.1. The number of imide groups is 1. The van der Waals surface area contributed by atoms with Gasteiger partial charge in [-0.05, 0) is 41.7 Å². The van der Waals surface area contributed by atoms with E-state index >= 15 is 0 Å². The van der Waals surface area contributed by atoms with Crippen molar-refractivity contribution in [2.24, 2.45) is 0 Å². The van der Waals surface area contributed by atoms with Crippen molar-refractivity contribution in [2.75, 3.05) is 38.2 Å². The zero-order chi connectivity index (χ0) is 22.8. The maximum absolute atomic E-state index is 13.2. The Balaban J connectivity index is 1.19. The zero-order valence-electron chi connectivity index (χ0n) is 18.5. The predicted octanol–water partition coefficient (Wildman–Crippen LogP) is 1.94. The van der Waals surface area contributed by atoms with E-state index in [2.05, 4.69) is 21.6 Å². The summed E-state index contributed by atoms with van der Waals surface area (Å²) in [6.07, 6.45) is 1.72. The fourth-order valence-corrected chi connectivity index (χ4v) is 4.90. The van der Waals surface area contributed by atoms with Gasteiger partial charge in [0.15, 0.2) is 0 Å². The van der Waals surface area contributed by atoms with Gasteiger partial charge in [0.25, 0.3) is 5.91 Å². The third-order valence-corrected chi connectivity index (χ3v) is 6.73. The Morgan fingerprint density at radius 1 is 1.03 bits per heavy atom. The molecule has 0 radical (unpaired) electrons. The third kappa shape index (κ3) is 4.49. The van der Waals surface area contributed by atoms with E-state index in [1.165, 1.54) is 5.56 Å². The van der Waals surface area contributed by atoms with Crippen molar-refractivity contribution in [1.29, 1.82) is 0 Å². The highest BCUT2D eigenvalue weighted by Crippen LogP contribution is 2.33. The number of anilines is 1. The number of nitrogens with zero attached hydrogens (tertiary/aromatic N) is 2. The van der Waals surface area contributed by atoms with E-state index in [4.69, 9.17) is 4.74 Å². The van der Waals surface area contributed by atoms with Crippen molar-refractivity contribution < 1.29 is 19.1 Å². The van der Waals surface area contributed by atoms with E-state index in [9.17, 15) is 14.4 Å². The number of ether oxygens (including phenoxy) is 1. The molecule has 4 amide bonds. The first-order chi connectivity index (χ1) is 16.0. The van der Waals surface area contributed by atoms with Crippen molar-refractivity contribution in [2.45, 2.75) is 31.3 Å². The van der Waals surface area contributed by atoms with Crippen molar-refractivity contribution in [3.63, 3.8) is 0 Å². The van der Waals surface area contributed by atoms with Gasteiger partial charge in [-0.1, -0.05) is 36.4 Å². The number of hydrogen-bond donors (Lipinski definition) is 2. The zero-order valence-corrected chi connectivity index (χ0v) is 18.5. The molecule has 0 saturated carbocycles. The molecule has 33 heavy (non-hydrogen) atoms. The highest BCUT2D eigenvalue weighted by Gasteiger charge is 2.52. The molecule has 172 valence electrons. The minimum atomic E-state index is -0.952. The summed E-state index contributed by atoms with van der Waals surface area (Å²) in [5.74, 6) is -0.717. The van der Waals surface area contributed by atoms with Gasteiger partial charge in [-0.2, -0.15) is 0 Å². The number of morpholine rings is 1. The SMILES string of the molecule is O=C(CN1C(=O)NC2(CCc3ccccc3C2)C1=O)Nc1ccc(CN2CCOCC2)cc1. The van der Waals surface area contributed by atoms with Crippen molar-refractivity contribution in [3.8, 4) is 0 Å². The van der Waals surface area contributed by atoms with E-state index < -0.39 is 17.5 Å². The molecule has 1 spiro atoms. The number of nitrogens with one attached hydrogen (secondary N) is 2. The fraction of sp³-hybridized carbons (Fsp3) is 0.400. The molecule has 3 aliphatic rings. The Labute approximate surface area is 192 Å². The molecule has 2 aromatic rings. The van der Waals surface area contributed by atoms with Crippen molar-refractivity contribution >= 4 is 23.5 Å². The molecule has 8 heteroatoms. The first-order valence-electron chi connectivity index (χ1n) is 11.4. The summed E-state index contributed by atoms with van der Waals surface area (Å²) < 4.78 is 5.38. The molecule has 2 N–H and O–H groups in total. The first-order valence-corrected chi connectivity index (χ1v) is 11.4. The molecule has 2 saturated heterocycles. The molecular weight excluding hydrogens is 420 g/mol. The smallest absolute Gasteiger partial charge is 0.325 e. The van der Waals surface area contributed by atoms with Crippen molar-refractivity contribution in [3.05, 3.63) is 65.2 Å². The first kappa shape index (κ1) is 21.6. The molecule has 0 aromatic heterocycles. The van der Waals surface area contributed by atoms with Gasteiger partial charge in [0.1, 0.15) is 12.1 Å². The number of hydrogen-bond acceptors (Lipinski definition) is 5. The van der Waals surface area contributed by atoms with Gasteiger partial charge in [0.05, 0.1) is 13.2 Å². The molecule has 1 unspecified atom stereocenters. The van der Waals surface area contributed by atoms with Gasteiger partial charge >= 0.3 is 6.03 Å². The lowest BCUT2D eigenvalue weighted by atomic mass is 9.78. The Kier molecular flexibility index (Phi) is 5.86. The van der Waals surface area contributed by atoms with Crippen LogP contribution >= 0.6 is 0 Å². The van der Waals surface area contributed by atoms with Gasteiger partial charge in [-0.3, -0.25) is 19.4 Å². The second-order valence-electron chi connectivity index (χ2n) is 8.98. The maximum atomic E-state index is 13.2. The van der Waals surface area contributed by atoms with Crippen LogP contribution in [0.25, 0.3) is 0 Å². The summed E-state index contributed by atoms with van der Waals surface area (Å²) in [5, 5.41) is 5.67. The third-order valence-electron chi connectivity index (χ3n) is 6.73.